The van der Waals surface area contributed by atoms with E-state index in [2.05, 4.69) is 24.3 Å². The molecule has 6 heteroatoms. The van der Waals surface area contributed by atoms with E-state index in [0.717, 1.165) is 49.5 Å². The first-order valence-electron chi connectivity index (χ1n) is 14.4. The van der Waals surface area contributed by atoms with Gasteiger partial charge in [-0.2, -0.15) is 0 Å². The van der Waals surface area contributed by atoms with Crippen molar-refractivity contribution in [2.75, 3.05) is 0 Å². The highest BCUT2D eigenvalue weighted by molar-refractivity contribution is 6.14. The summed E-state index contributed by atoms with van der Waals surface area (Å²) in [6.07, 6.45) is 0. The lowest BCUT2D eigenvalue weighted by molar-refractivity contribution is 0.617. The number of fused-ring (bicyclic) bond motifs is 5. The summed E-state index contributed by atoms with van der Waals surface area (Å²) in [4.78, 5) is 19.7. The average Bonchev–Trinajstić information content (AvgIpc) is 3.68. The second kappa shape index (κ2) is 9.71. The third-order valence-electron chi connectivity index (χ3n) is 7.94. The number of aromatic nitrogens is 4. The van der Waals surface area contributed by atoms with Gasteiger partial charge in [-0.15, -0.1) is 0 Å². The van der Waals surface area contributed by atoms with E-state index in [1.807, 2.05) is 109 Å². The molecule has 6 aromatic carbocycles. The highest BCUT2D eigenvalue weighted by atomic mass is 16.4. The zero-order valence-corrected chi connectivity index (χ0v) is 23.3. The van der Waals surface area contributed by atoms with Crippen LogP contribution in [0.4, 0.5) is 0 Å². The van der Waals surface area contributed by atoms with Crippen molar-refractivity contribution >= 4 is 43.8 Å². The molecule has 6 nitrogen and oxygen atoms in total. The summed E-state index contributed by atoms with van der Waals surface area (Å²) in [6.45, 7) is 0. The van der Waals surface area contributed by atoms with Gasteiger partial charge in [-0.1, -0.05) is 103 Å². The predicted octanol–water partition coefficient (Wildman–Crippen LogP) is 9.73. The monoisotopic (exact) mass is 566 g/mol. The van der Waals surface area contributed by atoms with Crippen LogP contribution in [0, 0.1) is 0 Å². The molecule has 0 bridgehead atoms. The molecule has 0 radical (unpaired) electrons. The smallest absolute Gasteiger partial charge is 0.227 e. The maximum absolute atomic E-state index is 6.37. The Hall–Kier alpha value is -6.14. The minimum atomic E-state index is 0.570. The van der Waals surface area contributed by atoms with Crippen molar-refractivity contribution in [3.63, 3.8) is 0 Å². The van der Waals surface area contributed by atoms with Gasteiger partial charge >= 0.3 is 0 Å². The molecule has 0 N–H and O–H groups in total. The normalized spacial score (nSPS) is 11.6. The van der Waals surface area contributed by atoms with Crippen LogP contribution in [0.5, 0.6) is 0 Å². The lowest BCUT2D eigenvalue weighted by atomic mass is 10.0. The van der Waals surface area contributed by atoms with E-state index in [1.54, 1.807) is 0 Å². The molecule has 0 atom stereocenters. The lowest BCUT2D eigenvalue weighted by Gasteiger charge is -2.09. The van der Waals surface area contributed by atoms with Gasteiger partial charge in [0.2, 0.25) is 5.89 Å². The Morgan fingerprint density at radius 3 is 1.84 bits per heavy atom. The second-order valence-electron chi connectivity index (χ2n) is 10.7. The molecule has 206 valence electrons. The molecule has 0 aliphatic rings. The Balaban J connectivity index is 1.24. The Labute approximate surface area is 251 Å². The number of hydrogen-bond donors (Lipinski definition) is 0. The molecule has 0 saturated carbocycles. The van der Waals surface area contributed by atoms with Crippen LogP contribution in [0.1, 0.15) is 0 Å². The highest BCUT2D eigenvalue weighted by Crippen LogP contribution is 2.39. The number of rotatable bonds is 4. The maximum Gasteiger partial charge on any atom is 0.227 e. The van der Waals surface area contributed by atoms with Crippen LogP contribution < -0.4 is 0 Å². The Kier molecular flexibility index (Phi) is 5.40. The van der Waals surface area contributed by atoms with Gasteiger partial charge in [-0.05, 0) is 35.0 Å². The first-order chi connectivity index (χ1) is 21.8. The van der Waals surface area contributed by atoms with Crippen LogP contribution in [-0.2, 0) is 0 Å². The van der Waals surface area contributed by atoms with Gasteiger partial charge in [0.1, 0.15) is 16.7 Å². The molecule has 3 aromatic heterocycles. The first-order valence-corrected chi connectivity index (χ1v) is 14.4. The van der Waals surface area contributed by atoms with Crippen LogP contribution >= 0.6 is 0 Å². The summed E-state index contributed by atoms with van der Waals surface area (Å²) in [5.74, 6) is 2.36. The van der Waals surface area contributed by atoms with E-state index >= 15 is 0 Å². The van der Waals surface area contributed by atoms with E-state index in [9.17, 15) is 0 Å². The van der Waals surface area contributed by atoms with E-state index in [1.165, 1.54) is 5.39 Å². The van der Waals surface area contributed by atoms with E-state index in [-0.39, 0.29) is 0 Å². The molecule has 0 saturated heterocycles. The Morgan fingerprint density at radius 1 is 0.409 bits per heavy atom. The van der Waals surface area contributed by atoms with Crippen molar-refractivity contribution in [3.8, 4) is 45.6 Å². The number of furan rings is 1. The van der Waals surface area contributed by atoms with Crippen LogP contribution in [0.25, 0.3) is 89.4 Å². The third-order valence-corrected chi connectivity index (χ3v) is 7.94. The number of oxazole rings is 1. The lowest BCUT2D eigenvalue weighted by Crippen LogP contribution is -2.00. The van der Waals surface area contributed by atoms with Gasteiger partial charge < -0.3 is 8.83 Å². The fraction of sp³-hybridized carbons (Fsp3) is 0. The van der Waals surface area contributed by atoms with Crippen molar-refractivity contribution in [1.82, 2.24) is 19.9 Å². The molecule has 0 fully saturated rings. The van der Waals surface area contributed by atoms with Gasteiger partial charge in [-0.3, -0.25) is 0 Å². The molecular formula is C38H22N4O2. The molecule has 9 aromatic rings. The fourth-order valence-corrected chi connectivity index (χ4v) is 5.81. The Bertz CT molecular complexity index is 2440. The van der Waals surface area contributed by atoms with Crippen molar-refractivity contribution in [2.45, 2.75) is 0 Å². The molecule has 44 heavy (non-hydrogen) atoms. The van der Waals surface area contributed by atoms with E-state index in [0.29, 0.717) is 34.5 Å². The molecule has 0 aliphatic heterocycles. The largest absolute Gasteiger partial charge is 0.456 e. The molecular weight excluding hydrogens is 544 g/mol. The van der Waals surface area contributed by atoms with Crippen molar-refractivity contribution < 1.29 is 8.83 Å². The zero-order chi connectivity index (χ0) is 29.0. The zero-order valence-electron chi connectivity index (χ0n) is 23.3. The molecule has 9 rings (SSSR count). The highest BCUT2D eigenvalue weighted by Gasteiger charge is 2.19. The fourth-order valence-electron chi connectivity index (χ4n) is 5.81. The van der Waals surface area contributed by atoms with Gasteiger partial charge in [0.15, 0.2) is 23.1 Å². The standard InChI is InChI=1S/C38H22N4O2/c1-3-11-24(12-4-1)35-40-36(25-13-5-2-6-14-25)42-37(41-35)28-16-9-17-31-34(28)29-21-30-33(22-32(29)43-31)44-38(39-30)27-19-18-23-10-7-8-15-26(23)20-27/h1-22H. The Morgan fingerprint density at radius 2 is 1.09 bits per heavy atom. The SMILES string of the molecule is c1ccc(-c2nc(-c3ccccc3)nc(-c3cccc4oc5cc6oc(-c7ccc8ccccc8c7)nc6cc5c34)n2)cc1. The average molecular weight is 567 g/mol. The minimum Gasteiger partial charge on any atom is -0.456 e. The second-order valence-corrected chi connectivity index (χ2v) is 10.7. The predicted molar refractivity (Wildman–Crippen MR) is 174 cm³/mol. The molecule has 0 aliphatic carbocycles. The molecule has 0 unspecified atom stereocenters. The number of benzene rings is 6. The van der Waals surface area contributed by atoms with Gasteiger partial charge in [-0.25, -0.2) is 19.9 Å². The van der Waals surface area contributed by atoms with E-state index < -0.39 is 0 Å². The van der Waals surface area contributed by atoms with Crippen LogP contribution in [0.15, 0.2) is 142 Å². The summed E-state index contributed by atoms with van der Waals surface area (Å²) >= 11 is 0. The van der Waals surface area contributed by atoms with E-state index in [4.69, 9.17) is 28.8 Å². The maximum atomic E-state index is 6.37. The van der Waals surface area contributed by atoms with Crippen molar-refractivity contribution in [2.24, 2.45) is 0 Å². The number of hydrogen-bond acceptors (Lipinski definition) is 6. The van der Waals surface area contributed by atoms with Gasteiger partial charge in [0.05, 0.1) is 0 Å². The molecule has 0 spiro atoms. The van der Waals surface area contributed by atoms with Crippen LogP contribution in [0.2, 0.25) is 0 Å². The first kappa shape index (κ1) is 24.5. The third kappa shape index (κ3) is 4.04. The number of nitrogens with zero attached hydrogens (tertiary/aromatic N) is 4. The summed E-state index contributed by atoms with van der Waals surface area (Å²) in [5.41, 5.74) is 6.49. The molecule has 3 heterocycles. The minimum absolute atomic E-state index is 0.570. The van der Waals surface area contributed by atoms with Gasteiger partial charge in [0.25, 0.3) is 0 Å². The molecule has 0 amide bonds. The quantitative estimate of drug-likeness (QED) is 0.211. The summed E-state index contributed by atoms with van der Waals surface area (Å²) in [7, 11) is 0. The summed E-state index contributed by atoms with van der Waals surface area (Å²) in [6, 6.07) is 44.4. The van der Waals surface area contributed by atoms with Crippen LogP contribution in [-0.4, -0.2) is 19.9 Å². The van der Waals surface area contributed by atoms with Crippen molar-refractivity contribution in [3.05, 3.63) is 133 Å². The van der Waals surface area contributed by atoms with Gasteiger partial charge in [0, 0.05) is 39.1 Å². The topological polar surface area (TPSA) is 77.8 Å². The van der Waals surface area contributed by atoms with Crippen LogP contribution in [0.3, 0.4) is 0 Å². The summed E-state index contributed by atoms with van der Waals surface area (Å²) in [5, 5.41) is 4.15. The summed E-state index contributed by atoms with van der Waals surface area (Å²) < 4.78 is 12.6. The van der Waals surface area contributed by atoms with Crippen molar-refractivity contribution in [1.29, 1.82) is 0 Å².